The molecule has 0 aliphatic heterocycles. The third-order valence-corrected chi connectivity index (χ3v) is 5.87. The topological polar surface area (TPSA) is 26.0 Å². The van der Waals surface area contributed by atoms with Crippen molar-refractivity contribution in [1.82, 2.24) is 0 Å². The summed E-state index contributed by atoms with van der Waals surface area (Å²) in [6, 6.07) is 28.5. The van der Waals surface area contributed by atoms with Gasteiger partial charge in [-0.3, -0.25) is 0 Å². The van der Waals surface area contributed by atoms with Crippen LogP contribution in [0.15, 0.2) is 78.9 Å². The first-order chi connectivity index (χ1) is 13.2. The number of nitrogens with two attached hydrogens (primary N) is 1. The summed E-state index contributed by atoms with van der Waals surface area (Å²) in [7, 11) is 0. The molecule has 0 amide bonds. The van der Waals surface area contributed by atoms with Crippen molar-refractivity contribution in [3.8, 4) is 11.1 Å². The van der Waals surface area contributed by atoms with Crippen LogP contribution in [0.3, 0.4) is 0 Å². The highest BCUT2D eigenvalue weighted by Gasteiger charge is 2.23. The van der Waals surface area contributed by atoms with Crippen LogP contribution in [-0.2, 0) is 5.54 Å². The Morgan fingerprint density at radius 1 is 0.741 bits per heavy atom. The van der Waals surface area contributed by atoms with E-state index in [4.69, 9.17) is 5.73 Å². The van der Waals surface area contributed by atoms with Crippen LogP contribution in [0.4, 0.5) is 0 Å². The summed E-state index contributed by atoms with van der Waals surface area (Å²) in [5.41, 5.74) is 10.2. The van der Waals surface area contributed by atoms with Gasteiger partial charge >= 0.3 is 0 Å². The van der Waals surface area contributed by atoms with Crippen LogP contribution < -0.4 is 5.73 Å². The zero-order valence-electron chi connectivity index (χ0n) is 16.2. The van der Waals surface area contributed by atoms with Crippen molar-refractivity contribution in [2.45, 2.75) is 38.6 Å². The Bertz CT molecular complexity index is 1080. The zero-order valence-corrected chi connectivity index (χ0v) is 16.2. The molecule has 1 unspecified atom stereocenters. The fraction of sp³-hybridized carbons (Fsp3) is 0.231. The molecule has 0 bridgehead atoms. The minimum Gasteiger partial charge on any atom is -0.321 e. The second kappa shape index (κ2) is 7.17. The van der Waals surface area contributed by atoms with E-state index in [0.29, 0.717) is 0 Å². The minimum absolute atomic E-state index is 0.223. The van der Waals surface area contributed by atoms with Crippen molar-refractivity contribution in [2.24, 2.45) is 5.73 Å². The fourth-order valence-corrected chi connectivity index (χ4v) is 4.25. The average Bonchev–Trinajstić information content (AvgIpc) is 2.73. The Balaban J connectivity index is 1.87. The van der Waals surface area contributed by atoms with E-state index in [1.54, 1.807) is 0 Å². The van der Waals surface area contributed by atoms with Gasteiger partial charge < -0.3 is 5.73 Å². The Morgan fingerprint density at radius 2 is 1.37 bits per heavy atom. The lowest BCUT2D eigenvalue weighted by Crippen LogP contribution is -2.35. The molecule has 4 aromatic rings. The van der Waals surface area contributed by atoms with Gasteiger partial charge in [-0.1, -0.05) is 93.1 Å². The van der Waals surface area contributed by atoms with Crippen LogP contribution in [-0.4, -0.2) is 0 Å². The SMILES string of the molecule is CCCC(N)(CC)c1ccc(-c2cc3ccccc3c3ccccc23)cc1. The maximum atomic E-state index is 6.68. The van der Waals surface area contributed by atoms with Gasteiger partial charge in [-0.25, -0.2) is 0 Å². The molecule has 0 saturated carbocycles. The monoisotopic (exact) mass is 353 g/mol. The molecular formula is C26H27N. The average molecular weight is 354 g/mol. The first-order valence-electron chi connectivity index (χ1n) is 9.96. The molecule has 0 aromatic heterocycles. The molecule has 2 N–H and O–H groups in total. The van der Waals surface area contributed by atoms with E-state index < -0.39 is 0 Å². The van der Waals surface area contributed by atoms with Crippen LogP contribution in [0.2, 0.25) is 0 Å². The normalized spacial score (nSPS) is 13.7. The van der Waals surface area contributed by atoms with Crippen molar-refractivity contribution >= 4 is 21.5 Å². The van der Waals surface area contributed by atoms with Gasteiger partial charge in [-0.15, -0.1) is 0 Å². The quantitative estimate of drug-likeness (QED) is 0.383. The molecule has 1 heteroatoms. The second-order valence-electron chi connectivity index (χ2n) is 7.53. The molecule has 0 saturated heterocycles. The van der Waals surface area contributed by atoms with Crippen LogP contribution in [0.1, 0.15) is 38.7 Å². The molecule has 0 fully saturated rings. The number of hydrogen-bond donors (Lipinski definition) is 1. The summed E-state index contributed by atoms with van der Waals surface area (Å²) >= 11 is 0. The second-order valence-corrected chi connectivity index (χ2v) is 7.53. The molecule has 0 spiro atoms. The molecule has 0 radical (unpaired) electrons. The number of fused-ring (bicyclic) bond motifs is 3. The van der Waals surface area contributed by atoms with Gasteiger partial charge in [0.15, 0.2) is 0 Å². The molecule has 4 aromatic carbocycles. The maximum Gasteiger partial charge on any atom is 0.0406 e. The Kier molecular flexibility index (Phi) is 4.72. The Hall–Kier alpha value is -2.64. The lowest BCUT2D eigenvalue weighted by atomic mass is 9.83. The third kappa shape index (κ3) is 3.13. The van der Waals surface area contributed by atoms with E-state index in [0.717, 1.165) is 19.3 Å². The fourth-order valence-electron chi connectivity index (χ4n) is 4.25. The van der Waals surface area contributed by atoms with E-state index in [-0.39, 0.29) is 5.54 Å². The molecule has 27 heavy (non-hydrogen) atoms. The van der Waals surface area contributed by atoms with Crippen molar-refractivity contribution < 1.29 is 0 Å². The number of hydrogen-bond acceptors (Lipinski definition) is 1. The predicted molar refractivity (Wildman–Crippen MR) is 118 cm³/mol. The van der Waals surface area contributed by atoms with Gasteiger partial charge in [0.05, 0.1) is 0 Å². The third-order valence-electron chi connectivity index (χ3n) is 5.87. The Morgan fingerprint density at radius 3 is 2.04 bits per heavy atom. The van der Waals surface area contributed by atoms with E-state index in [9.17, 15) is 0 Å². The maximum absolute atomic E-state index is 6.68. The Labute approximate surface area is 161 Å². The summed E-state index contributed by atoms with van der Waals surface area (Å²) in [4.78, 5) is 0. The van der Waals surface area contributed by atoms with Gasteiger partial charge in [0.1, 0.15) is 0 Å². The largest absolute Gasteiger partial charge is 0.321 e. The first kappa shape index (κ1) is 17.8. The van der Waals surface area contributed by atoms with E-state index in [1.807, 2.05) is 0 Å². The van der Waals surface area contributed by atoms with Crippen LogP contribution in [0, 0.1) is 0 Å². The molecule has 1 atom stereocenters. The molecule has 1 nitrogen and oxygen atoms in total. The smallest absolute Gasteiger partial charge is 0.0406 e. The zero-order chi connectivity index (χ0) is 18.9. The highest BCUT2D eigenvalue weighted by atomic mass is 14.7. The summed E-state index contributed by atoms with van der Waals surface area (Å²) in [5.74, 6) is 0. The lowest BCUT2D eigenvalue weighted by Gasteiger charge is -2.28. The van der Waals surface area contributed by atoms with Gasteiger partial charge in [-0.05, 0) is 57.1 Å². The van der Waals surface area contributed by atoms with E-state index >= 15 is 0 Å². The molecule has 4 rings (SSSR count). The lowest BCUT2D eigenvalue weighted by molar-refractivity contribution is 0.390. The van der Waals surface area contributed by atoms with Crippen molar-refractivity contribution in [2.75, 3.05) is 0 Å². The van der Waals surface area contributed by atoms with Crippen LogP contribution >= 0.6 is 0 Å². The molecule has 0 aliphatic carbocycles. The van der Waals surface area contributed by atoms with Gasteiger partial charge in [0.25, 0.3) is 0 Å². The van der Waals surface area contributed by atoms with Crippen LogP contribution in [0.5, 0.6) is 0 Å². The summed E-state index contributed by atoms with van der Waals surface area (Å²) < 4.78 is 0. The highest BCUT2D eigenvalue weighted by Crippen LogP contribution is 2.36. The van der Waals surface area contributed by atoms with Crippen molar-refractivity contribution in [3.63, 3.8) is 0 Å². The standard InChI is InChI=1S/C26H27N/c1-3-17-26(27,4-2)21-15-13-19(14-16-21)25-18-20-9-5-6-10-22(20)23-11-7-8-12-24(23)25/h5-16,18H,3-4,17,27H2,1-2H3. The van der Waals surface area contributed by atoms with Crippen LogP contribution in [0.25, 0.3) is 32.7 Å². The molecule has 0 aliphatic rings. The molecule has 0 heterocycles. The van der Waals surface area contributed by atoms with Gasteiger partial charge in [-0.2, -0.15) is 0 Å². The highest BCUT2D eigenvalue weighted by molar-refractivity contribution is 6.13. The summed E-state index contributed by atoms with van der Waals surface area (Å²) in [6.07, 6.45) is 3.07. The van der Waals surface area contributed by atoms with E-state index in [1.165, 1.54) is 38.2 Å². The summed E-state index contributed by atoms with van der Waals surface area (Å²) in [6.45, 7) is 4.38. The number of rotatable bonds is 5. The van der Waals surface area contributed by atoms with Crippen molar-refractivity contribution in [1.29, 1.82) is 0 Å². The van der Waals surface area contributed by atoms with Gasteiger partial charge in [0.2, 0.25) is 0 Å². The van der Waals surface area contributed by atoms with E-state index in [2.05, 4.69) is 92.7 Å². The van der Waals surface area contributed by atoms with Crippen molar-refractivity contribution in [3.05, 3.63) is 84.4 Å². The molecular weight excluding hydrogens is 326 g/mol. The molecule has 136 valence electrons. The number of benzene rings is 4. The minimum atomic E-state index is -0.223. The van der Waals surface area contributed by atoms with Gasteiger partial charge in [0, 0.05) is 5.54 Å². The first-order valence-corrected chi connectivity index (χ1v) is 9.96. The predicted octanol–water partition coefficient (Wildman–Crippen LogP) is 7.02. The summed E-state index contributed by atoms with van der Waals surface area (Å²) in [5, 5.41) is 5.20.